The molecular weight excluding hydrogens is 492 g/mol. The second kappa shape index (κ2) is 10.8. The molecular formula is C30H32N6OS. The van der Waals surface area contributed by atoms with Gasteiger partial charge >= 0.3 is 0 Å². The van der Waals surface area contributed by atoms with Gasteiger partial charge < -0.3 is 15.5 Å². The van der Waals surface area contributed by atoms with E-state index in [4.69, 9.17) is 10.1 Å². The lowest BCUT2D eigenvalue weighted by molar-refractivity contribution is -0.113. The Balaban J connectivity index is 1.51. The molecule has 1 aromatic heterocycles. The second-order valence-corrected chi connectivity index (χ2v) is 10.6. The molecule has 1 unspecified atom stereocenters. The first kappa shape index (κ1) is 25.6. The van der Waals surface area contributed by atoms with Gasteiger partial charge in [-0.15, -0.1) is 5.10 Å². The maximum absolute atomic E-state index is 13.8. The fourth-order valence-electron chi connectivity index (χ4n) is 4.55. The highest BCUT2D eigenvalue weighted by Crippen LogP contribution is 2.37. The molecule has 38 heavy (non-hydrogen) atoms. The van der Waals surface area contributed by atoms with Crippen molar-refractivity contribution in [3.63, 3.8) is 0 Å². The topological polar surface area (TPSA) is 75.1 Å². The number of anilines is 3. The van der Waals surface area contributed by atoms with E-state index < -0.39 is 6.04 Å². The molecule has 0 saturated heterocycles. The molecule has 1 aliphatic heterocycles. The summed E-state index contributed by atoms with van der Waals surface area (Å²) in [5.74, 6) is 1.23. The van der Waals surface area contributed by atoms with Crippen LogP contribution in [-0.2, 0) is 10.5 Å². The second-order valence-electron chi connectivity index (χ2n) is 9.69. The molecule has 0 spiro atoms. The molecule has 5 rings (SSSR count). The summed E-state index contributed by atoms with van der Waals surface area (Å²) in [7, 11) is 4.02. The highest BCUT2D eigenvalue weighted by atomic mass is 32.2. The highest BCUT2D eigenvalue weighted by Gasteiger charge is 2.34. The summed E-state index contributed by atoms with van der Waals surface area (Å²) in [5.41, 5.74) is 7.61. The van der Waals surface area contributed by atoms with E-state index in [9.17, 15) is 4.79 Å². The predicted octanol–water partition coefficient (Wildman–Crippen LogP) is 6.18. The van der Waals surface area contributed by atoms with Gasteiger partial charge in [-0.05, 0) is 61.2 Å². The predicted molar refractivity (Wildman–Crippen MR) is 156 cm³/mol. The number of allylic oxidation sites excluding steroid dienone is 1. The third-order valence-electron chi connectivity index (χ3n) is 6.87. The van der Waals surface area contributed by atoms with Crippen molar-refractivity contribution < 1.29 is 4.79 Å². The number of carbonyl (C=O) groups is 1. The van der Waals surface area contributed by atoms with Crippen molar-refractivity contribution in [2.45, 2.75) is 37.7 Å². The molecule has 0 radical (unpaired) electrons. The first-order valence-corrected chi connectivity index (χ1v) is 13.6. The number of benzene rings is 3. The fraction of sp³-hybridized carbons (Fsp3) is 0.233. The Bertz CT molecular complexity index is 1490. The first-order chi connectivity index (χ1) is 18.3. The number of aromatic nitrogens is 3. The average molecular weight is 525 g/mol. The van der Waals surface area contributed by atoms with E-state index in [0.717, 1.165) is 39.5 Å². The normalized spacial score (nSPS) is 14.6. The van der Waals surface area contributed by atoms with E-state index in [1.807, 2.05) is 75.9 Å². The van der Waals surface area contributed by atoms with Crippen molar-refractivity contribution in [2.75, 3.05) is 29.6 Å². The van der Waals surface area contributed by atoms with Crippen LogP contribution in [0.15, 0.2) is 89.2 Å². The number of hydrogen-bond donors (Lipinski definition) is 2. The number of carbonyl (C=O) groups excluding carboxylic acids is 1. The van der Waals surface area contributed by atoms with Crippen LogP contribution in [0.4, 0.5) is 17.3 Å². The summed E-state index contributed by atoms with van der Waals surface area (Å²) in [4.78, 5) is 20.7. The molecule has 0 fully saturated rings. The number of hydrogen-bond acceptors (Lipinski definition) is 6. The van der Waals surface area contributed by atoms with Crippen LogP contribution in [0, 0.1) is 13.8 Å². The Morgan fingerprint density at radius 1 is 1.00 bits per heavy atom. The lowest BCUT2D eigenvalue weighted by atomic mass is 9.94. The minimum Gasteiger partial charge on any atom is -0.378 e. The van der Waals surface area contributed by atoms with Crippen LogP contribution in [0.2, 0.25) is 0 Å². The molecule has 8 heteroatoms. The molecule has 2 heterocycles. The van der Waals surface area contributed by atoms with Crippen LogP contribution >= 0.6 is 11.8 Å². The molecule has 0 saturated carbocycles. The number of rotatable bonds is 7. The van der Waals surface area contributed by atoms with Gasteiger partial charge in [0.25, 0.3) is 5.91 Å². The van der Waals surface area contributed by atoms with Crippen molar-refractivity contribution >= 4 is 35.0 Å². The van der Waals surface area contributed by atoms with Gasteiger partial charge in [0.15, 0.2) is 0 Å². The Labute approximate surface area is 228 Å². The molecule has 3 aromatic carbocycles. The number of thioether (sulfide) groups is 1. The van der Waals surface area contributed by atoms with E-state index in [0.29, 0.717) is 16.7 Å². The summed E-state index contributed by atoms with van der Waals surface area (Å²) >= 11 is 1.58. The molecule has 0 bridgehead atoms. The SMILES string of the molecule is CC1=C(C(=O)Nc2cccc(C)c2C)C(c2ccc(N(C)C)cc2)n2nc(SCc3ccccc3)nc2N1. The Morgan fingerprint density at radius 2 is 1.74 bits per heavy atom. The lowest BCUT2D eigenvalue weighted by Crippen LogP contribution is -2.31. The Morgan fingerprint density at radius 3 is 2.45 bits per heavy atom. The van der Waals surface area contributed by atoms with E-state index >= 15 is 0 Å². The fourth-order valence-corrected chi connectivity index (χ4v) is 5.33. The van der Waals surface area contributed by atoms with Crippen LogP contribution in [0.5, 0.6) is 0 Å². The third-order valence-corrected chi connectivity index (χ3v) is 7.78. The number of amides is 1. The van der Waals surface area contributed by atoms with Gasteiger partial charge in [0.2, 0.25) is 11.1 Å². The standard InChI is InChI=1S/C30H32N6OS/c1-19-10-9-13-25(20(19)2)32-28(37)26-21(3)31-29-33-30(38-18-22-11-7-6-8-12-22)34-36(29)27(26)23-14-16-24(17-15-23)35(4)5/h6-17,27H,18H2,1-5H3,(H,32,37)(H,31,33,34). The maximum atomic E-state index is 13.8. The molecule has 194 valence electrons. The molecule has 1 atom stereocenters. The quantitative estimate of drug-likeness (QED) is 0.281. The Kier molecular flexibility index (Phi) is 7.24. The molecule has 0 aliphatic carbocycles. The molecule has 1 aliphatic rings. The average Bonchev–Trinajstić information content (AvgIpc) is 3.32. The van der Waals surface area contributed by atoms with Crippen molar-refractivity contribution in [1.29, 1.82) is 0 Å². The van der Waals surface area contributed by atoms with Gasteiger partial charge in [0, 0.05) is 36.9 Å². The van der Waals surface area contributed by atoms with Crippen molar-refractivity contribution in [3.05, 3.63) is 106 Å². The van der Waals surface area contributed by atoms with Gasteiger partial charge in [0.1, 0.15) is 6.04 Å². The summed E-state index contributed by atoms with van der Waals surface area (Å²) in [6.45, 7) is 5.99. The van der Waals surface area contributed by atoms with Crippen molar-refractivity contribution in [3.8, 4) is 0 Å². The summed E-state index contributed by atoms with van der Waals surface area (Å²) < 4.78 is 1.84. The van der Waals surface area contributed by atoms with Crippen LogP contribution in [0.3, 0.4) is 0 Å². The number of fused-ring (bicyclic) bond motifs is 1. The van der Waals surface area contributed by atoms with E-state index in [2.05, 4.69) is 51.9 Å². The summed E-state index contributed by atoms with van der Waals surface area (Å²) in [6.07, 6.45) is 0. The van der Waals surface area contributed by atoms with Crippen LogP contribution < -0.4 is 15.5 Å². The van der Waals surface area contributed by atoms with Crippen LogP contribution in [0.1, 0.15) is 35.2 Å². The van der Waals surface area contributed by atoms with E-state index in [-0.39, 0.29) is 5.91 Å². The summed E-state index contributed by atoms with van der Waals surface area (Å²) in [6, 6.07) is 24.0. The number of nitrogens with one attached hydrogen (secondary N) is 2. The first-order valence-electron chi connectivity index (χ1n) is 12.6. The maximum Gasteiger partial charge on any atom is 0.255 e. The largest absolute Gasteiger partial charge is 0.378 e. The Hall–Kier alpha value is -4.04. The van der Waals surface area contributed by atoms with Crippen LogP contribution in [-0.4, -0.2) is 34.8 Å². The summed E-state index contributed by atoms with van der Waals surface area (Å²) in [5, 5.41) is 12.0. The smallest absolute Gasteiger partial charge is 0.255 e. The minimum atomic E-state index is -0.425. The van der Waals surface area contributed by atoms with Crippen LogP contribution in [0.25, 0.3) is 0 Å². The van der Waals surface area contributed by atoms with Gasteiger partial charge in [-0.3, -0.25) is 4.79 Å². The van der Waals surface area contributed by atoms with E-state index in [1.54, 1.807) is 11.8 Å². The zero-order valence-corrected chi connectivity index (χ0v) is 23.1. The van der Waals surface area contributed by atoms with Gasteiger partial charge in [-0.2, -0.15) is 4.98 Å². The van der Waals surface area contributed by atoms with Crippen molar-refractivity contribution in [1.82, 2.24) is 14.8 Å². The highest BCUT2D eigenvalue weighted by molar-refractivity contribution is 7.98. The number of aryl methyl sites for hydroxylation is 1. The zero-order valence-electron chi connectivity index (χ0n) is 22.3. The van der Waals surface area contributed by atoms with Gasteiger partial charge in [0.05, 0.1) is 5.57 Å². The lowest BCUT2D eigenvalue weighted by Gasteiger charge is -2.29. The third kappa shape index (κ3) is 5.17. The van der Waals surface area contributed by atoms with E-state index in [1.165, 1.54) is 5.56 Å². The van der Waals surface area contributed by atoms with Gasteiger partial charge in [-0.1, -0.05) is 66.4 Å². The molecule has 4 aromatic rings. The number of nitrogens with zero attached hydrogens (tertiary/aromatic N) is 4. The van der Waals surface area contributed by atoms with Crippen molar-refractivity contribution in [2.24, 2.45) is 0 Å². The van der Waals surface area contributed by atoms with Gasteiger partial charge in [-0.25, -0.2) is 4.68 Å². The molecule has 1 amide bonds. The molecule has 2 N–H and O–H groups in total. The minimum absolute atomic E-state index is 0.162. The zero-order chi connectivity index (χ0) is 26.8. The monoisotopic (exact) mass is 524 g/mol. The molecule has 7 nitrogen and oxygen atoms in total.